The molecule has 3 rings (SSSR count). The maximum atomic E-state index is 13.2. The number of piperidine rings is 1. The van der Waals surface area contributed by atoms with E-state index in [9.17, 15) is 27.2 Å². The molecule has 0 bridgehead atoms. The minimum Gasteiger partial charge on any atom is -0.339 e. The standard InChI is InChI=1S/C20H18F4N2O2/c21-16-2-1-3-17(12-16)25-18(27)13-8-10-26(11-9-13)19(28)14-4-6-15(7-5-14)20(22,23)24/h1-7,12-13H,8-11H2,(H,25,27). The molecule has 1 fully saturated rings. The van der Waals surface area contributed by atoms with Gasteiger partial charge >= 0.3 is 6.18 Å². The molecule has 2 amide bonds. The van der Waals surface area contributed by atoms with Crippen LogP contribution in [-0.4, -0.2) is 29.8 Å². The number of carbonyl (C=O) groups is 2. The third-order valence-electron chi connectivity index (χ3n) is 4.70. The summed E-state index contributed by atoms with van der Waals surface area (Å²) in [6.07, 6.45) is -3.60. The molecular weight excluding hydrogens is 376 g/mol. The van der Waals surface area contributed by atoms with Crippen molar-refractivity contribution in [1.82, 2.24) is 4.90 Å². The molecule has 0 saturated carbocycles. The Morgan fingerprint density at radius 3 is 2.21 bits per heavy atom. The topological polar surface area (TPSA) is 49.4 Å². The number of carbonyl (C=O) groups excluding carboxylic acids is 2. The van der Waals surface area contributed by atoms with Gasteiger partial charge in [0.25, 0.3) is 5.91 Å². The van der Waals surface area contributed by atoms with E-state index in [4.69, 9.17) is 0 Å². The molecule has 1 aliphatic rings. The summed E-state index contributed by atoms with van der Waals surface area (Å²) in [7, 11) is 0. The lowest BCUT2D eigenvalue weighted by Gasteiger charge is -2.31. The van der Waals surface area contributed by atoms with Crippen molar-refractivity contribution in [1.29, 1.82) is 0 Å². The second kappa shape index (κ2) is 8.00. The highest BCUT2D eigenvalue weighted by Crippen LogP contribution is 2.29. The molecule has 2 aromatic carbocycles. The van der Waals surface area contributed by atoms with E-state index >= 15 is 0 Å². The maximum Gasteiger partial charge on any atom is 0.416 e. The number of benzene rings is 2. The van der Waals surface area contributed by atoms with E-state index < -0.39 is 17.6 Å². The summed E-state index contributed by atoms with van der Waals surface area (Å²) in [4.78, 5) is 26.3. The first kappa shape index (κ1) is 19.9. The van der Waals surface area contributed by atoms with Gasteiger partial charge in [-0.15, -0.1) is 0 Å². The van der Waals surface area contributed by atoms with Crippen molar-refractivity contribution in [3.05, 3.63) is 65.5 Å². The summed E-state index contributed by atoms with van der Waals surface area (Å²) in [5.74, 6) is -1.38. The number of anilines is 1. The number of amides is 2. The van der Waals surface area contributed by atoms with Gasteiger partial charge in [0.05, 0.1) is 5.56 Å². The third-order valence-corrected chi connectivity index (χ3v) is 4.70. The average Bonchev–Trinajstić information content (AvgIpc) is 2.67. The number of nitrogens with zero attached hydrogens (tertiary/aromatic N) is 1. The number of nitrogens with one attached hydrogen (secondary N) is 1. The van der Waals surface area contributed by atoms with Crippen LogP contribution in [0.1, 0.15) is 28.8 Å². The smallest absolute Gasteiger partial charge is 0.339 e. The predicted octanol–water partition coefficient (Wildman–Crippen LogP) is 4.34. The quantitative estimate of drug-likeness (QED) is 0.788. The normalized spacial score (nSPS) is 15.4. The number of alkyl halides is 3. The Balaban J connectivity index is 1.56. The third kappa shape index (κ3) is 4.68. The van der Waals surface area contributed by atoms with Gasteiger partial charge in [-0.05, 0) is 55.3 Å². The number of likely N-dealkylation sites (tertiary alicyclic amines) is 1. The molecule has 2 aromatic rings. The summed E-state index contributed by atoms with van der Waals surface area (Å²) < 4.78 is 51.0. The van der Waals surface area contributed by atoms with E-state index in [1.165, 1.54) is 23.1 Å². The molecule has 1 saturated heterocycles. The van der Waals surface area contributed by atoms with Crippen molar-refractivity contribution in [3.63, 3.8) is 0 Å². The van der Waals surface area contributed by atoms with Crippen molar-refractivity contribution >= 4 is 17.5 Å². The molecule has 28 heavy (non-hydrogen) atoms. The van der Waals surface area contributed by atoms with E-state index in [0.717, 1.165) is 24.3 Å². The van der Waals surface area contributed by atoms with Crippen LogP contribution in [0.3, 0.4) is 0 Å². The van der Waals surface area contributed by atoms with E-state index in [0.29, 0.717) is 31.6 Å². The molecule has 0 unspecified atom stereocenters. The van der Waals surface area contributed by atoms with Crippen LogP contribution >= 0.6 is 0 Å². The van der Waals surface area contributed by atoms with Gasteiger partial charge in [0, 0.05) is 30.3 Å². The summed E-state index contributed by atoms with van der Waals surface area (Å²) in [5, 5.41) is 2.66. The zero-order chi connectivity index (χ0) is 20.3. The fourth-order valence-electron chi connectivity index (χ4n) is 3.14. The Kier molecular flexibility index (Phi) is 5.67. The molecule has 8 heteroatoms. The van der Waals surface area contributed by atoms with Gasteiger partial charge in [-0.1, -0.05) is 6.07 Å². The first-order valence-electron chi connectivity index (χ1n) is 8.77. The molecule has 1 heterocycles. The molecule has 1 aliphatic heterocycles. The molecule has 4 nitrogen and oxygen atoms in total. The van der Waals surface area contributed by atoms with Crippen molar-refractivity contribution in [2.24, 2.45) is 5.92 Å². The van der Waals surface area contributed by atoms with Crippen LogP contribution in [0.25, 0.3) is 0 Å². The number of halogens is 4. The largest absolute Gasteiger partial charge is 0.416 e. The van der Waals surface area contributed by atoms with Crippen molar-refractivity contribution in [3.8, 4) is 0 Å². The van der Waals surface area contributed by atoms with Crippen LogP contribution in [0, 0.1) is 11.7 Å². The second-order valence-electron chi connectivity index (χ2n) is 6.64. The van der Waals surface area contributed by atoms with E-state index in [-0.39, 0.29) is 23.3 Å². The predicted molar refractivity (Wildman–Crippen MR) is 95.1 cm³/mol. The Morgan fingerprint density at radius 2 is 1.64 bits per heavy atom. The molecule has 0 atom stereocenters. The fraction of sp³-hybridized carbons (Fsp3) is 0.300. The van der Waals surface area contributed by atoms with Gasteiger partial charge < -0.3 is 10.2 Å². The highest BCUT2D eigenvalue weighted by Gasteiger charge is 2.31. The summed E-state index contributed by atoms with van der Waals surface area (Å²) in [5.41, 5.74) is -0.263. The van der Waals surface area contributed by atoms with Crippen molar-refractivity contribution in [2.45, 2.75) is 19.0 Å². The molecule has 1 N–H and O–H groups in total. The van der Waals surface area contributed by atoms with Crippen LogP contribution in [-0.2, 0) is 11.0 Å². The highest BCUT2D eigenvalue weighted by atomic mass is 19.4. The van der Waals surface area contributed by atoms with E-state index in [1.54, 1.807) is 6.07 Å². The van der Waals surface area contributed by atoms with E-state index in [2.05, 4.69) is 5.32 Å². The first-order chi connectivity index (χ1) is 13.2. The molecule has 0 aromatic heterocycles. The van der Waals surface area contributed by atoms with Crippen LogP contribution in [0.2, 0.25) is 0 Å². The summed E-state index contributed by atoms with van der Waals surface area (Å²) in [6, 6.07) is 9.67. The molecule has 0 aliphatic carbocycles. The number of rotatable bonds is 3. The lowest BCUT2D eigenvalue weighted by molar-refractivity contribution is -0.137. The molecular formula is C20H18F4N2O2. The summed E-state index contributed by atoms with van der Waals surface area (Å²) in [6.45, 7) is 0.641. The molecule has 0 spiro atoms. The monoisotopic (exact) mass is 394 g/mol. The van der Waals surface area contributed by atoms with Gasteiger partial charge in [0.1, 0.15) is 5.82 Å². The lowest BCUT2D eigenvalue weighted by atomic mass is 9.95. The van der Waals surface area contributed by atoms with Crippen LogP contribution in [0.4, 0.5) is 23.2 Å². The molecule has 0 radical (unpaired) electrons. The van der Waals surface area contributed by atoms with Crippen LogP contribution < -0.4 is 5.32 Å². The minimum atomic E-state index is -4.45. The second-order valence-corrected chi connectivity index (χ2v) is 6.64. The summed E-state index contributed by atoms with van der Waals surface area (Å²) >= 11 is 0. The maximum absolute atomic E-state index is 13.2. The fourth-order valence-corrected chi connectivity index (χ4v) is 3.14. The average molecular weight is 394 g/mol. The Labute approximate surface area is 159 Å². The van der Waals surface area contributed by atoms with Gasteiger partial charge in [-0.25, -0.2) is 4.39 Å². The zero-order valence-electron chi connectivity index (χ0n) is 14.8. The van der Waals surface area contributed by atoms with Gasteiger partial charge in [0.15, 0.2) is 0 Å². The Bertz CT molecular complexity index is 857. The van der Waals surface area contributed by atoms with Gasteiger partial charge in [-0.2, -0.15) is 13.2 Å². The lowest BCUT2D eigenvalue weighted by Crippen LogP contribution is -2.41. The Morgan fingerprint density at radius 1 is 1.00 bits per heavy atom. The van der Waals surface area contributed by atoms with Crippen LogP contribution in [0.15, 0.2) is 48.5 Å². The van der Waals surface area contributed by atoms with Gasteiger partial charge in [-0.3, -0.25) is 9.59 Å². The zero-order valence-corrected chi connectivity index (χ0v) is 14.8. The number of hydrogen-bond acceptors (Lipinski definition) is 2. The van der Waals surface area contributed by atoms with Crippen LogP contribution in [0.5, 0.6) is 0 Å². The van der Waals surface area contributed by atoms with Crippen molar-refractivity contribution < 1.29 is 27.2 Å². The minimum absolute atomic E-state index is 0.177. The Hall–Kier alpha value is -2.90. The number of hydrogen-bond donors (Lipinski definition) is 1. The molecule has 148 valence electrons. The van der Waals surface area contributed by atoms with Crippen molar-refractivity contribution in [2.75, 3.05) is 18.4 Å². The SMILES string of the molecule is O=C(Nc1cccc(F)c1)C1CCN(C(=O)c2ccc(C(F)(F)F)cc2)CC1. The van der Waals surface area contributed by atoms with E-state index in [1.807, 2.05) is 0 Å². The van der Waals surface area contributed by atoms with Gasteiger partial charge in [0.2, 0.25) is 5.91 Å². The highest BCUT2D eigenvalue weighted by molar-refractivity contribution is 5.95. The first-order valence-corrected chi connectivity index (χ1v) is 8.77.